The molecule has 0 aromatic heterocycles. The van der Waals surface area contributed by atoms with Gasteiger partial charge in [-0.05, 0) is 31.6 Å². The summed E-state index contributed by atoms with van der Waals surface area (Å²) in [6, 6.07) is 7.41. The molecule has 0 aliphatic rings. The maximum atomic E-state index is 11.0. The van der Waals surface area contributed by atoms with Gasteiger partial charge in [0.25, 0.3) is 0 Å². The average Bonchev–Trinajstić information content (AvgIpc) is 2.43. The van der Waals surface area contributed by atoms with Crippen LogP contribution in [0.15, 0.2) is 24.3 Å². The molecule has 0 saturated carbocycles. The van der Waals surface area contributed by atoms with E-state index in [2.05, 4.69) is 16.7 Å². The van der Waals surface area contributed by atoms with Gasteiger partial charge in [-0.25, -0.2) is 0 Å². The fraction of sp³-hybridized carbons (Fsp3) is 0.625. The third kappa shape index (κ3) is 9.20. The van der Waals surface area contributed by atoms with Gasteiger partial charge in [0.15, 0.2) is 0 Å². The molecule has 0 aliphatic heterocycles. The van der Waals surface area contributed by atoms with Crippen LogP contribution in [0.2, 0.25) is 0 Å². The molecule has 0 saturated heterocycles. The van der Waals surface area contributed by atoms with Gasteiger partial charge in [0.1, 0.15) is 0 Å². The molecule has 23 heavy (non-hydrogen) atoms. The highest BCUT2D eigenvalue weighted by Crippen LogP contribution is 2.38. The van der Waals surface area contributed by atoms with Crippen molar-refractivity contribution < 1.29 is 19.5 Å². The molecule has 7 heteroatoms. The molecular formula is C16H29N2O4P. The fourth-order valence-corrected chi connectivity index (χ4v) is 3.14. The third-order valence-electron chi connectivity index (χ3n) is 3.64. The van der Waals surface area contributed by atoms with Crippen LogP contribution in [0.5, 0.6) is 0 Å². The van der Waals surface area contributed by atoms with Crippen LogP contribution >= 0.6 is 7.60 Å². The number of aliphatic hydroxyl groups is 1. The molecule has 0 radical (unpaired) electrons. The largest absolute Gasteiger partial charge is 0.392 e. The zero-order valence-corrected chi connectivity index (χ0v) is 15.1. The first kappa shape index (κ1) is 20.3. The number of likely N-dealkylation sites (N-methyl/N-ethyl adjacent to an activating group) is 2. The predicted molar refractivity (Wildman–Crippen MR) is 92.3 cm³/mol. The van der Waals surface area contributed by atoms with Crippen molar-refractivity contribution in [3.8, 4) is 0 Å². The van der Waals surface area contributed by atoms with Gasteiger partial charge in [0.2, 0.25) is 0 Å². The van der Waals surface area contributed by atoms with Crippen molar-refractivity contribution in [1.82, 2.24) is 9.80 Å². The Morgan fingerprint density at radius 1 is 1.13 bits per heavy atom. The molecule has 0 spiro atoms. The zero-order valence-electron chi connectivity index (χ0n) is 14.2. The normalized spacial score (nSPS) is 13.7. The predicted octanol–water partition coefficient (Wildman–Crippen LogP) is 1.50. The lowest BCUT2D eigenvalue weighted by Gasteiger charge is -2.25. The van der Waals surface area contributed by atoms with Gasteiger partial charge in [-0.2, -0.15) is 0 Å². The molecule has 132 valence electrons. The van der Waals surface area contributed by atoms with E-state index in [1.807, 2.05) is 19.2 Å². The Morgan fingerprint density at radius 3 is 2.17 bits per heavy atom. The molecule has 1 atom stereocenters. The summed E-state index contributed by atoms with van der Waals surface area (Å²) in [5.41, 5.74) is 1.78. The molecule has 0 aliphatic carbocycles. The van der Waals surface area contributed by atoms with Crippen LogP contribution in [0.1, 0.15) is 25.0 Å². The van der Waals surface area contributed by atoms with E-state index in [9.17, 15) is 9.67 Å². The van der Waals surface area contributed by atoms with Crippen molar-refractivity contribution in [2.24, 2.45) is 0 Å². The summed E-state index contributed by atoms with van der Waals surface area (Å²) in [4.78, 5) is 22.4. The van der Waals surface area contributed by atoms with Crippen molar-refractivity contribution in [2.75, 3.05) is 33.2 Å². The Kier molecular flexibility index (Phi) is 8.40. The van der Waals surface area contributed by atoms with E-state index in [1.54, 1.807) is 19.1 Å². The molecule has 6 nitrogen and oxygen atoms in total. The minimum absolute atomic E-state index is 0.213. The molecule has 0 unspecified atom stereocenters. The Bertz CT molecular complexity index is 501. The van der Waals surface area contributed by atoms with Crippen molar-refractivity contribution in [2.45, 2.75) is 32.7 Å². The van der Waals surface area contributed by atoms with Crippen molar-refractivity contribution in [3.05, 3.63) is 35.4 Å². The van der Waals surface area contributed by atoms with Gasteiger partial charge < -0.3 is 19.8 Å². The van der Waals surface area contributed by atoms with E-state index in [0.29, 0.717) is 12.1 Å². The highest BCUT2D eigenvalue weighted by molar-refractivity contribution is 7.50. The average molecular weight is 344 g/mol. The first-order chi connectivity index (χ1) is 10.7. The first-order valence-electron chi connectivity index (χ1n) is 7.91. The summed E-state index contributed by atoms with van der Waals surface area (Å²) in [5, 5.41) is 9.38. The van der Waals surface area contributed by atoms with Crippen LogP contribution in [-0.2, 0) is 17.3 Å². The standard InChI is InChI=1S/C16H29N2O4P/c1-4-18(10-9-17(3)11-14(2)19)12-15-5-7-16(8-6-15)13-23(20,21)22/h5-8,14,19H,4,9-13H2,1-3H3,(H2,20,21,22)/t14-/m0/s1. The third-order valence-corrected chi connectivity index (χ3v) is 4.42. The number of nitrogens with zero attached hydrogens (tertiary/aromatic N) is 2. The highest BCUT2D eigenvalue weighted by atomic mass is 31.2. The van der Waals surface area contributed by atoms with Crippen molar-refractivity contribution in [1.29, 1.82) is 0 Å². The van der Waals surface area contributed by atoms with E-state index in [4.69, 9.17) is 9.79 Å². The van der Waals surface area contributed by atoms with Crippen LogP contribution in [-0.4, -0.2) is 64.0 Å². The lowest BCUT2D eigenvalue weighted by atomic mass is 10.1. The molecule has 0 heterocycles. The number of hydrogen-bond acceptors (Lipinski definition) is 4. The minimum atomic E-state index is -4.01. The second-order valence-electron chi connectivity index (χ2n) is 6.12. The van der Waals surface area contributed by atoms with E-state index in [-0.39, 0.29) is 12.3 Å². The molecule has 1 rings (SSSR count). The van der Waals surface area contributed by atoms with Crippen LogP contribution in [0.4, 0.5) is 0 Å². The number of benzene rings is 1. The fourth-order valence-electron chi connectivity index (χ4n) is 2.45. The van der Waals surface area contributed by atoms with Crippen LogP contribution in [0.3, 0.4) is 0 Å². The zero-order chi connectivity index (χ0) is 17.5. The lowest BCUT2D eigenvalue weighted by molar-refractivity contribution is 0.131. The second-order valence-corrected chi connectivity index (χ2v) is 7.76. The summed E-state index contributed by atoms with van der Waals surface area (Å²) in [6.45, 7) is 8.07. The summed E-state index contributed by atoms with van der Waals surface area (Å²) >= 11 is 0. The van der Waals surface area contributed by atoms with Crippen LogP contribution < -0.4 is 0 Å². The minimum Gasteiger partial charge on any atom is -0.392 e. The maximum Gasteiger partial charge on any atom is 0.329 e. The topological polar surface area (TPSA) is 84.2 Å². The SMILES string of the molecule is CCN(CCN(C)C[C@H](C)O)Cc1ccc(CP(=O)(O)O)cc1. The second kappa shape index (κ2) is 9.52. The maximum absolute atomic E-state index is 11.0. The lowest BCUT2D eigenvalue weighted by Crippen LogP contribution is -2.35. The van der Waals surface area contributed by atoms with Gasteiger partial charge in [-0.15, -0.1) is 0 Å². The van der Waals surface area contributed by atoms with E-state index in [0.717, 1.165) is 31.7 Å². The van der Waals surface area contributed by atoms with Crippen molar-refractivity contribution in [3.63, 3.8) is 0 Å². The van der Waals surface area contributed by atoms with Gasteiger partial charge in [-0.3, -0.25) is 9.46 Å². The molecule has 0 fully saturated rings. The van der Waals surface area contributed by atoms with Crippen molar-refractivity contribution >= 4 is 7.60 Å². The number of hydrogen-bond donors (Lipinski definition) is 3. The summed E-state index contributed by atoms with van der Waals surface area (Å²) in [6.07, 6.45) is -0.536. The monoisotopic (exact) mass is 344 g/mol. The Hall–Kier alpha value is -0.750. The molecular weight excluding hydrogens is 315 g/mol. The smallest absolute Gasteiger partial charge is 0.329 e. The molecule has 1 aromatic carbocycles. The van der Waals surface area contributed by atoms with Gasteiger partial charge in [-0.1, -0.05) is 31.2 Å². The van der Waals surface area contributed by atoms with E-state index >= 15 is 0 Å². The van der Waals surface area contributed by atoms with E-state index < -0.39 is 7.60 Å². The summed E-state index contributed by atoms with van der Waals surface area (Å²) in [7, 11) is -2.01. The summed E-state index contributed by atoms with van der Waals surface area (Å²) < 4.78 is 11.0. The number of aliphatic hydroxyl groups excluding tert-OH is 1. The Morgan fingerprint density at radius 2 is 1.70 bits per heavy atom. The quantitative estimate of drug-likeness (QED) is 0.558. The number of rotatable bonds is 10. The van der Waals surface area contributed by atoms with Gasteiger partial charge in [0.05, 0.1) is 12.3 Å². The molecule has 3 N–H and O–H groups in total. The van der Waals surface area contributed by atoms with Gasteiger partial charge in [0, 0.05) is 26.2 Å². The molecule has 1 aromatic rings. The summed E-state index contributed by atoms with van der Waals surface area (Å²) in [5.74, 6) is 0. The first-order valence-corrected chi connectivity index (χ1v) is 9.70. The van der Waals surface area contributed by atoms with Crippen LogP contribution in [0, 0.1) is 0 Å². The van der Waals surface area contributed by atoms with E-state index in [1.165, 1.54) is 0 Å². The van der Waals surface area contributed by atoms with Crippen LogP contribution in [0.25, 0.3) is 0 Å². The Labute approximate surface area is 138 Å². The highest BCUT2D eigenvalue weighted by Gasteiger charge is 2.14. The Balaban J connectivity index is 2.50. The molecule has 0 bridgehead atoms. The van der Waals surface area contributed by atoms with Gasteiger partial charge >= 0.3 is 7.60 Å². The molecule has 0 amide bonds.